The molecule has 1 aromatic rings. The van der Waals surface area contributed by atoms with E-state index in [1.807, 2.05) is 34.6 Å². The number of nitrogens with zero attached hydrogens (tertiary/aromatic N) is 3. The van der Waals surface area contributed by atoms with E-state index >= 15 is 0 Å². The highest BCUT2D eigenvalue weighted by molar-refractivity contribution is 5.84. The number of carbonyl (C=O) groups is 1. The van der Waals surface area contributed by atoms with Crippen LogP contribution in [0.1, 0.15) is 41.5 Å². The van der Waals surface area contributed by atoms with Gasteiger partial charge in [-0.1, -0.05) is 0 Å². The van der Waals surface area contributed by atoms with Crippen molar-refractivity contribution < 1.29 is 9.53 Å². The summed E-state index contributed by atoms with van der Waals surface area (Å²) < 4.78 is 5.38. The zero-order valence-electron chi connectivity index (χ0n) is 13.4. The highest BCUT2D eigenvalue weighted by Gasteiger charge is 2.20. The van der Waals surface area contributed by atoms with Crippen LogP contribution in [0, 0.1) is 0 Å². The van der Waals surface area contributed by atoms with Gasteiger partial charge in [0.25, 0.3) is 0 Å². The molecular weight excluding hydrogens is 272 g/mol. The molecule has 0 aliphatic rings. The van der Waals surface area contributed by atoms with Gasteiger partial charge < -0.3 is 21.1 Å². The number of rotatable bonds is 5. The summed E-state index contributed by atoms with van der Waals surface area (Å²) in [7, 11) is 0. The first-order valence-corrected chi connectivity index (χ1v) is 6.83. The van der Waals surface area contributed by atoms with Crippen LogP contribution in [-0.4, -0.2) is 38.5 Å². The van der Waals surface area contributed by atoms with Crippen molar-refractivity contribution in [2.75, 3.05) is 11.1 Å². The van der Waals surface area contributed by atoms with Crippen molar-refractivity contribution in [2.45, 2.75) is 59.2 Å². The van der Waals surface area contributed by atoms with Gasteiger partial charge in [-0.25, -0.2) is 0 Å². The second-order valence-electron chi connectivity index (χ2n) is 6.07. The molecule has 1 atom stereocenters. The number of ether oxygens (including phenoxy) is 1. The van der Waals surface area contributed by atoms with Gasteiger partial charge in [0.1, 0.15) is 6.04 Å². The second-order valence-corrected chi connectivity index (χ2v) is 6.07. The summed E-state index contributed by atoms with van der Waals surface area (Å²) in [5.74, 6) is 0.0779. The molecule has 1 unspecified atom stereocenters. The van der Waals surface area contributed by atoms with Crippen LogP contribution < -0.4 is 21.1 Å². The van der Waals surface area contributed by atoms with Gasteiger partial charge in [-0.2, -0.15) is 15.0 Å². The SMILES string of the molecule is CC(C)Oc1nc(N)nc(NC(C)C(=O)NC(C)(C)C)n1. The number of nitrogens with one attached hydrogen (secondary N) is 2. The van der Waals surface area contributed by atoms with Crippen molar-refractivity contribution in [3.05, 3.63) is 0 Å². The highest BCUT2D eigenvalue weighted by atomic mass is 16.5. The molecule has 4 N–H and O–H groups in total. The molecule has 0 spiro atoms. The maximum atomic E-state index is 12.0. The maximum absolute atomic E-state index is 12.0. The van der Waals surface area contributed by atoms with Gasteiger partial charge in [0.15, 0.2) is 0 Å². The van der Waals surface area contributed by atoms with Crippen molar-refractivity contribution in [1.29, 1.82) is 0 Å². The zero-order valence-corrected chi connectivity index (χ0v) is 13.4. The van der Waals surface area contributed by atoms with Gasteiger partial charge in [-0.15, -0.1) is 0 Å². The minimum Gasteiger partial charge on any atom is -0.461 e. The third kappa shape index (κ3) is 6.24. The first kappa shape index (κ1) is 16.9. The largest absolute Gasteiger partial charge is 0.461 e. The quantitative estimate of drug-likeness (QED) is 0.741. The van der Waals surface area contributed by atoms with E-state index in [-0.39, 0.29) is 35.5 Å². The molecule has 0 saturated heterocycles. The minimum atomic E-state index is -0.516. The first-order chi connectivity index (χ1) is 9.56. The van der Waals surface area contributed by atoms with Gasteiger partial charge >= 0.3 is 6.01 Å². The molecule has 21 heavy (non-hydrogen) atoms. The summed E-state index contributed by atoms with van der Waals surface area (Å²) in [6, 6.07) is -0.388. The average Bonchev–Trinajstić information content (AvgIpc) is 2.24. The lowest BCUT2D eigenvalue weighted by Crippen LogP contribution is -2.47. The van der Waals surface area contributed by atoms with Crippen molar-refractivity contribution in [2.24, 2.45) is 0 Å². The lowest BCUT2D eigenvalue weighted by atomic mass is 10.1. The molecular formula is C13H24N6O2. The monoisotopic (exact) mass is 296 g/mol. The molecule has 1 rings (SSSR count). The van der Waals surface area contributed by atoms with E-state index in [0.29, 0.717) is 0 Å². The van der Waals surface area contributed by atoms with Crippen molar-refractivity contribution in [3.8, 4) is 6.01 Å². The number of carbonyl (C=O) groups excluding carboxylic acids is 1. The number of amides is 1. The predicted molar refractivity (Wildman–Crippen MR) is 81.0 cm³/mol. The lowest BCUT2D eigenvalue weighted by molar-refractivity contribution is -0.122. The Morgan fingerprint density at radius 1 is 1.19 bits per heavy atom. The number of hydrogen-bond acceptors (Lipinski definition) is 7. The Hall–Kier alpha value is -2.12. The fourth-order valence-electron chi connectivity index (χ4n) is 1.44. The summed E-state index contributed by atoms with van der Waals surface area (Å²) in [5.41, 5.74) is 5.30. The van der Waals surface area contributed by atoms with Crippen molar-refractivity contribution >= 4 is 17.8 Å². The molecule has 0 aliphatic heterocycles. The minimum absolute atomic E-state index is 0.0339. The molecule has 0 bridgehead atoms. The Morgan fingerprint density at radius 2 is 1.81 bits per heavy atom. The third-order valence-corrected chi connectivity index (χ3v) is 2.21. The van der Waals surface area contributed by atoms with Crippen LogP contribution >= 0.6 is 0 Å². The van der Waals surface area contributed by atoms with E-state index in [9.17, 15) is 4.79 Å². The topological polar surface area (TPSA) is 115 Å². The van der Waals surface area contributed by atoms with E-state index in [1.165, 1.54) is 0 Å². The van der Waals surface area contributed by atoms with Crippen molar-refractivity contribution in [3.63, 3.8) is 0 Å². The Balaban J connectivity index is 2.78. The van der Waals surface area contributed by atoms with Gasteiger partial charge in [-0.3, -0.25) is 4.79 Å². The highest BCUT2D eigenvalue weighted by Crippen LogP contribution is 2.11. The summed E-state index contributed by atoms with van der Waals surface area (Å²) in [4.78, 5) is 23.9. The van der Waals surface area contributed by atoms with E-state index in [1.54, 1.807) is 6.92 Å². The van der Waals surface area contributed by atoms with Gasteiger partial charge in [0.2, 0.25) is 17.8 Å². The zero-order chi connectivity index (χ0) is 16.2. The summed E-state index contributed by atoms with van der Waals surface area (Å²) in [5, 5.41) is 5.75. The van der Waals surface area contributed by atoms with Gasteiger partial charge in [0, 0.05) is 5.54 Å². The maximum Gasteiger partial charge on any atom is 0.323 e. The molecule has 8 heteroatoms. The van der Waals surface area contributed by atoms with E-state index in [0.717, 1.165) is 0 Å². The summed E-state index contributed by atoms with van der Waals surface area (Å²) in [6.45, 7) is 11.1. The van der Waals surface area contributed by atoms with Crippen LogP contribution in [0.5, 0.6) is 6.01 Å². The molecule has 0 aliphatic carbocycles. The van der Waals surface area contributed by atoms with Gasteiger partial charge in [0.05, 0.1) is 6.10 Å². The second kappa shape index (κ2) is 6.55. The molecule has 0 radical (unpaired) electrons. The third-order valence-electron chi connectivity index (χ3n) is 2.21. The van der Waals surface area contributed by atoms with Crippen LogP contribution in [0.15, 0.2) is 0 Å². The van der Waals surface area contributed by atoms with Crippen LogP contribution in [0.3, 0.4) is 0 Å². The molecule has 1 amide bonds. The normalized spacial score (nSPS) is 12.9. The summed E-state index contributed by atoms with van der Waals surface area (Å²) >= 11 is 0. The molecule has 0 saturated carbocycles. The smallest absolute Gasteiger partial charge is 0.323 e. The first-order valence-electron chi connectivity index (χ1n) is 6.83. The fraction of sp³-hybridized carbons (Fsp3) is 0.692. The molecule has 8 nitrogen and oxygen atoms in total. The Morgan fingerprint density at radius 3 is 2.33 bits per heavy atom. The van der Waals surface area contributed by atoms with Crippen LogP contribution in [0.4, 0.5) is 11.9 Å². The number of nitrogens with two attached hydrogens (primary N) is 1. The van der Waals surface area contributed by atoms with Crippen LogP contribution in [-0.2, 0) is 4.79 Å². The van der Waals surface area contributed by atoms with Gasteiger partial charge in [-0.05, 0) is 41.5 Å². The van der Waals surface area contributed by atoms with Crippen LogP contribution in [0.2, 0.25) is 0 Å². The fourth-order valence-corrected chi connectivity index (χ4v) is 1.44. The average molecular weight is 296 g/mol. The van der Waals surface area contributed by atoms with E-state index < -0.39 is 6.04 Å². The molecule has 0 aromatic carbocycles. The molecule has 0 fully saturated rings. The van der Waals surface area contributed by atoms with E-state index in [2.05, 4.69) is 25.6 Å². The lowest BCUT2D eigenvalue weighted by Gasteiger charge is -2.23. The Bertz CT molecular complexity index is 498. The Labute approximate surface area is 124 Å². The number of aromatic nitrogens is 3. The Kier molecular flexibility index (Phi) is 5.28. The summed E-state index contributed by atoms with van der Waals surface area (Å²) in [6.07, 6.45) is -0.0822. The van der Waals surface area contributed by atoms with Crippen molar-refractivity contribution in [1.82, 2.24) is 20.3 Å². The number of anilines is 2. The van der Waals surface area contributed by atoms with E-state index in [4.69, 9.17) is 10.5 Å². The molecule has 118 valence electrons. The molecule has 1 heterocycles. The predicted octanol–water partition coefficient (Wildman–Crippen LogP) is 0.956. The number of nitrogen functional groups attached to an aromatic ring is 1. The molecule has 1 aromatic heterocycles. The number of hydrogen-bond donors (Lipinski definition) is 3. The van der Waals surface area contributed by atoms with Crippen LogP contribution in [0.25, 0.3) is 0 Å². The standard InChI is InChI=1S/C13H24N6O2/c1-7(2)21-12-17-10(14)16-11(18-12)15-8(3)9(20)19-13(4,5)6/h7-8H,1-6H3,(H,19,20)(H3,14,15,16,17,18).